The summed E-state index contributed by atoms with van der Waals surface area (Å²) in [5.41, 5.74) is -1.02. The van der Waals surface area contributed by atoms with Crippen molar-refractivity contribution >= 4 is 10.0 Å². The molecule has 0 saturated carbocycles. The molecule has 0 aliphatic heterocycles. The molecule has 0 bridgehead atoms. The molecular weight excluding hydrogens is 286 g/mol. The van der Waals surface area contributed by atoms with E-state index >= 15 is 0 Å². The zero-order valence-electron chi connectivity index (χ0n) is 12.0. The van der Waals surface area contributed by atoms with Gasteiger partial charge in [0.2, 0.25) is 10.0 Å². The Labute approximate surface area is 118 Å². The lowest BCUT2D eigenvalue weighted by atomic mass is 10.1. The maximum absolute atomic E-state index is 14.2. The highest BCUT2D eigenvalue weighted by Gasteiger charge is 2.27. The Morgan fingerprint density at radius 2 is 1.80 bits per heavy atom. The summed E-state index contributed by atoms with van der Waals surface area (Å²) in [7, 11) is -4.03. The molecule has 1 rings (SSSR count). The van der Waals surface area contributed by atoms with Gasteiger partial charge in [-0.25, -0.2) is 21.9 Å². The lowest BCUT2D eigenvalue weighted by Gasteiger charge is -2.21. The molecule has 0 radical (unpaired) electrons. The van der Waals surface area contributed by atoms with Gasteiger partial charge in [-0.3, -0.25) is 0 Å². The van der Waals surface area contributed by atoms with E-state index in [4.69, 9.17) is 0 Å². The lowest BCUT2D eigenvalue weighted by Crippen LogP contribution is -2.41. The highest BCUT2D eigenvalue weighted by molar-refractivity contribution is 7.89. The van der Waals surface area contributed by atoms with Crippen molar-refractivity contribution in [2.24, 2.45) is 0 Å². The SMILES string of the molecule is CCNCc1c(F)ccc(S(=O)(=O)NC(C)(C)C)c1F. The van der Waals surface area contributed by atoms with E-state index in [1.54, 1.807) is 27.7 Å². The van der Waals surface area contributed by atoms with Crippen LogP contribution in [0.5, 0.6) is 0 Å². The van der Waals surface area contributed by atoms with Crippen LogP contribution < -0.4 is 10.0 Å². The first-order chi connectivity index (χ1) is 9.08. The molecule has 0 aliphatic rings. The molecule has 4 nitrogen and oxygen atoms in total. The van der Waals surface area contributed by atoms with E-state index in [2.05, 4.69) is 10.0 Å². The van der Waals surface area contributed by atoms with Crippen LogP contribution in [0, 0.1) is 11.6 Å². The number of hydrogen-bond acceptors (Lipinski definition) is 3. The van der Waals surface area contributed by atoms with Gasteiger partial charge in [0, 0.05) is 17.6 Å². The number of rotatable bonds is 5. The van der Waals surface area contributed by atoms with Gasteiger partial charge in [-0.15, -0.1) is 0 Å². The summed E-state index contributed by atoms with van der Waals surface area (Å²) < 4.78 is 54.4. The van der Waals surface area contributed by atoms with Gasteiger partial charge in [-0.05, 0) is 39.4 Å². The standard InChI is InChI=1S/C13H20F2N2O2S/c1-5-16-8-9-10(14)6-7-11(12(9)15)20(18,19)17-13(2,3)4/h6-7,16-17H,5,8H2,1-4H3. The first-order valence-corrected chi connectivity index (χ1v) is 7.78. The highest BCUT2D eigenvalue weighted by Crippen LogP contribution is 2.22. The normalized spacial score (nSPS) is 12.7. The van der Waals surface area contributed by atoms with Gasteiger partial charge in [0.1, 0.15) is 10.7 Å². The van der Waals surface area contributed by atoms with Gasteiger partial charge in [-0.2, -0.15) is 0 Å². The summed E-state index contributed by atoms with van der Waals surface area (Å²) in [5.74, 6) is -1.82. The largest absolute Gasteiger partial charge is 0.313 e. The van der Waals surface area contributed by atoms with Crippen LogP contribution in [0.3, 0.4) is 0 Å². The van der Waals surface area contributed by atoms with Crippen LogP contribution in [0.15, 0.2) is 17.0 Å². The summed E-state index contributed by atoms with van der Waals surface area (Å²) in [6, 6.07) is 1.90. The van der Waals surface area contributed by atoms with Crippen molar-refractivity contribution in [3.05, 3.63) is 29.3 Å². The summed E-state index contributed by atoms with van der Waals surface area (Å²) >= 11 is 0. The van der Waals surface area contributed by atoms with Gasteiger partial charge >= 0.3 is 0 Å². The van der Waals surface area contributed by atoms with Crippen molar-refractivity contribution in [2.75, 3.05) is 6.54 Å². The third kappa shape index (κ3) is 4.22. The fraction of sp³-hybridized carbons (Fsp3) is 0.538. The molecule has 0 unspecified atom stereocenters. The number of nitrogens with one attached hydrogen (secondary N) is 2. The fourth-order valence-corrected chi connectivity index (χ4v) is 3.18. The van der Waals surface area contributed by atoms with Gasteiger partial charge in [0.15, 0.2) is 5.82 Å². The van der Waals surface area contributed by atoms with Crippen LogP contribution in [0.1, 0.15) is 33.3 Å². The molecule has 0 heterocycles. The van der Waals surface area contributed by atoms with E-state index in [9.17, 15) is 17.2 Å². The van der Waals surface area contributed by atoms with Crippen LogP contribution in [-0.2, 0) is 16.6 Å². The van der Waals surface area contributed by atoms with Crippen molar-refractivity contribution in [3.8, 4) is 0 Å². The molecule has 7 heteroatoms. The Morgan fingerprint density at radius 3 is 2.30 bits per heavy atom. The first kappa shape index (κ1) is 17.0. The predicted octanol–water partition coefficient (Wildman–Crippen LogP) is 2.15. The number of sulfonamides is 1. The average molecular weight is 306 g/mol. The van der Waals surface area contributed by atoms with Crippen molar-refractivity contribution in [1.29, 1.82) is 0 Å². The summed E-state index contributed by atoms with van der Waals surface area (Å²) in [5, 5.41) is 2.78. The lowest BCUT2D eigenvalue weighted by molar-refractivity contribution is 0.480. The van der Waals surface area contributed by atoms with Gasteiger partial charge in [0.05, 0.1) is 0 Å². The third-order valence-electron chi connectivity index (χ3n) is 2.43. The first-order valence-electron chi connectivity index (χ1n) is 6.30. The molecule has 0 amide bonds. The van der Waals surface area contributed by atoms with E-state index in [1.165, 1.54) is 0 Å². The zero-order valence-corrected chi connectivity index (χ0v) is 12.9. The quantitative estimate of drug-likeness (QED) is 0.876. The Kier molecular flexibility index (Phi) is 5.23. The molecule has 2 N–H and O–H groups in total. The van der Waals surface area contributed by atoms with Gasteiger partial charge < -0.3 is 5.32 Å². The van der Waals surface area contributed by atoms with E-state index in [0.29, 0.717) is 6.54 Å². The summed E-state index contributed by atoms with van der Waals surface area (Å²) in [6.07, 6.45) is 0. The van der Waals surface area contributed by atoms with Crippen LogP contribution >= 0.6 is 0 Å². The third-order valence-corrected chi connectivity index (χ3v) is 4.21. The van der Waals surface area contributed by atoms with Crippen molar-refractivity contribution in [3.63, 3.8) is 0 Å². The monoisotopic (exact) mass is 306 g/mol. The molecule has 0 atom stereocenters. The molecule has 1 aromatic rings. The van der Waals surface area contributed by atoms with Crippen molar-refractivity contribution in [1.82, 2.24) is 10.0 Å². The van der Waals surface area contributed by atoms with Crippen LogP contribution in [0.2, 0.25) is 0 Å². The van der Waals surface area contributed by atoms with Crippen molar-refractivity contribution in [2.45, 2.75) is 44.7 Å². The minimum Gasteiger partial charge on any atom is -0.313 e. The van der Waals surface area contributed by atoms with Crippen LogP contribution in [-0.4, -0.2) is 20.5 Å². The maximum atomic E-state index is 14.2. The predicted molar refractivity (Wildman–Crippen MR) is 73.8 cm³/mol. The molecule has 0 saturated heterocycles. The second-order valence-corrected chi connectivity index (χ2v) is 7.12. The average Bonchev–Trinajstić information content (AvgIpc) is 2.25. The molecule has 114 valence electrons. The van der Waals surface area contributed by atoms with Crippen LogP contribution in [0.25, 0.3) is 0 Å². The van der Waals surface area contributed by atoms with E-state index in [1.807, 2.05) is 0 Å². The smallest absolute Gasteiger partial charge is 0.243 e. The van der Waals surface area contributed by atoms with E-state index in [0.717, 1.165) is 12.1 Å². The van der Waals surface area contributed by atoms with Gasteiger partial charge in [0.25, 0.3) is 0 Å². The highest BCUT2D eigenvalue weighted by atomic mass is 32.2. The Bertz CT molecular complexity index is 581. The molecular formula is C13H20F2N2O2S. The van der Waals surface area contributed by atoms with E-state index in [-0.39, 0.29) is 12.1 Å². The maximum Gasteiger partial charge on any atom is 0.243 e. The number of benzene rings is 1. The Morgan fingerprint density at radius 1 is 1.20 bits per heavy atom. The van der Waals surface area contributed by atoms with E-state index < -0.39 is 32.1 Å². The Balaban J connectivity index is 3.26. The molecule has 0 spiro atoms. The zero-order chi connectivity index (χ0) is 15.6. The second kappa shape index (κ2) is 6.15. The number of halogens is 2. The minimum atomic E-state index is -4.03. The molecule has 0 aromatic heterocycles. The molecule has 20 heavy (non-hydrogen) atoms. The summed E-state index contributed by atoms with van der Waals surface area (Å²) in [4.78, 5) is -0.540. The molecule has 0 aliphatic carbocycles. The van der Waals surface area contributed by atoms with Crippen LogP contribution in [0.4, 0.5) is 8.78 Å². The number of hydrogen-bond donors (Lipinski definition) is 2. The molecule has 0 fully saturated rings. The molecule has 1 aromatic carbocycles. The van der Waals surface area contributed by atoms with Gasteiger partial charge in [-0.1, -0.05) is 6.92 Å². The van der Waals surface area contributed by atoms with Crippen molar-refractivity contribution < 1.29 is 17.2 Å². The fourth-order valence-electron chi connectivity index (χ4n) is 1.65. The summed E-state index contributed by atoms with van der Waals surface area (Å²) in [6.45, 7) is 7.18. The Hall–Kier alpha value is -1.05. The second-order valence-electron chi connectivity index (χ2n) is 5.47. The topological polar surface area (TPSA) is 58.2 Å². The minimum absolute atomic E-state index is 0.0625.